The van der Waals surface area contributed by atoms with Crippen LogP contribution in [-0.4, -0.2) is 90.7 Å². The molecule has 2 aliphatic rings. The van der Waals surface area contributed by atoms with Crippen LogP contribution in [-0.2, 0) is 37.6 Å². The fourth-order valence-electron chi connectivity index (χ4n) is 5.58. The second-order valence-electron chi connectivity index (χ2n) is 12.5. The molecule has 10 nitrogen and oxygen atoms in total. The number of carbonyl (C=O) groups is 2. The average Bonchev–Trinajstić information content (AvgIpc) is 3.81. The first kappa shape index (κ1) is 32.7. The molecular formula is C33H47N3O7. The van der Waals surface area contributed by atoms with Crippen molar-refractivity contribution in [3.8, 4) is 5.75 Å². The molecule has 1 saturated carbocycles. The molecule has 43 heavy (non-hydrogen) atoms. The largest absolute Gasteiger partial charge is 0.491 e. The second kappa shape index (κ2) is 14.5. The lowest BCUT2D eigenvalue weighted by Gasteiger charge is -2.45. The SMILES string of the molecule is COCCCc1cc(CN(C(=O)[C@H]2CN(C(=O)OC(C)(C)C)CC[C@]2(O)c2ccncc2)C2CC2)cc(OCCOC)c1. The molecule has 1 N–H and O–H groups in total. The molecular weight excluding hydrogens is 550 g/mol. The topological polar surface area (TPSA) is 111 Å². The summed E-state index contributed by atoms with van der Waals surface area (Å²) in [6, 6.07) is 9.68. The van der Waals surface area contributed by atoms with Gasteiger partial charge >= 0.3 is 6.09 Å². The van der Waals surface area contributed by atoms with Gasteiger partial charge in [0.05, 0.1) is 12.5 Å². The summed E-state index contributed by atoms with van der Waals surface area (Å²) in [5.74, 6) is -0.326. The Balaban J connectivity index is 1.63. The zero-order valence-electron chi connectivity index (χ0n) is 26.2. The lowest BCUT2D eigenvalue weighted by molar-refractivity contribution is -0.155. The van der Waals surface area contributed by atoms with Gasteiger partial charge in [0.25, 0.3) is 0 Å². The van der Waals surface area contributed by atoms with Crippen LogP contribution in [0.25, 0.3) is 0 Å². The van der Waals surface area contributed by atoms with Crippen molar-refractivity contribution >= 4 is 12.0 Å². The molecule has 1 aliphatic carbocycles. The van der Waals surface area contributed by atoms with Crippen LogP contribution in [0.4, 0.5) is 4.79 Å². The van der Waals surface area contributed by atoms with Gasteiger partial charge in [-0.25, -0.2) is 4.79 Å². The van der Waals surface area contributed by atoms with E-state index in [4.69, 9.17) is 18.9 Å². The summed E-state index contributed by atoms with van der Waals surface area (Å²) in [6.45, 7) is 7.69. The first-order valence-electron chi connectivity index (χ1n) is 15.2. The second-order valence-corrected chi connectivity index (χ2v) is 12.5. The van der Waals surface area contributed by atoms with Gasteiger partial charge < -0.3 is 33.9 Å². The number of amides is 2. The Hall–Kier alpha value is -3.21. The smallest absolute Gasteiger partial charge is 0.410 e. The number of nitrogens with zero attached hydrogens (tertiary/aromatic N) is 3. The molecule has 2 amide bonds. The van der Waals surface area contributed by atoms with E-state index in [1.807, 2.05) is 37.8 Å². The van der Waals surface area contributed by atoms with Gasteiger partial charge in [0.1, 0.15) is 23.6 Å². The summed E-state index contributed by atoms with van der Waals surface area (Å²) >= 11 is 0. The van der Waals surface area contributed by atoms with Crippen molar-refractivity contribution < 1.29 is 33.6 Å². The molecule has 2 atom stereocenters. The fourth-order valence-corrected chi connectivity index (χ4v) is 5.58. The van der Waals surface area contributed by atoms with E-state index >= 15 is 0 Å². The van der Waals surface area contributed by atoms with E-state index in [-0.39, 0.29) is 31.5 Å². The number of hydrogen-bond donors (Lipinski definition) is 1. The highest BCUT2D eigenvalue weighted by atomic mass is 16.6. The third kappa shape index (κ3) is 8.90. The van der Waals surface area contributed by atoms with Gasteiger partial charge in [-0.05, 0) is 93.8 Å². The summed E-state index contributed by atoms with van der Waals surface area (Å²) in [7, 11) is 3.33. The molecule has 2 fully saturated rings. The molecule has 2 heterocycles. The molecule has 0 unspecified atom stereocenters. The van der Waals surface area contributed by atoms with Crippen LogP contribution in [0.5, 0.6) is 5.75 Å². The van der Waals surface area contributed by atoms with E-state index in [0.717, 1.165) is 42.6 Å². The van der Waals surface area contributed by atoms with Crippen molar-refractivity contribution in [3.63, 3.8) is 0 Å². The summed E-state index contributed by atoms with van der Waals surface area (Å²) in [5, 5.41) is 12.2. The van der Waals surface area contributed by atoms with Crippen LogP contribution in [0.15, 0.2) is 42.7 Å². The number of benzene rings is 1. The third-order valence-electron chi connectivity index (χ3n) is 7.89. The predicted molar refractivity (Wildman–Crippen MR) is 162 cm³/mol. The molecule has 4 rings (SSSR count). The normalized spacial score (nSPS) is 20.5. The van der Waals surface area contributed by atoms with Gasteiger partial charge in [-0.3, -0.25) is 9.78 Å². The molecule has 1 aromatic heterocycles. The molecule has 0 radical (unpaired) electrons. The maximum Gasteiger partial charge on any atom is 0.410 e. The van der Waals surface area contributed by atoms with E-state index < -0.39 is 23.2 Å². The minimum Gasteiger partial charge on any atom is -0.491 e. The summed E-state index contributed by atoms with van der Waals surface area (Å²) in [5.41, 5.74) is 0.547. The van der Waals surface area contributed by atoms with Crippen molar-refractivity contribution in [1.29, 1.82) is 0 Å². The average molecular weight is 598 g/mol. The molecule has 0 bridgehead atoms. The maximum atomic E-state index is 14.5. The highest BCUT2D eigenvalue weighted by molar-refractivity contribution is 5.82. The maximum absolute atomic E-state index is 14.5. The number of ether oxygens (including phenoxy) is 4. The Labute approximate surface area is 255 Å². The highest BCUT2D eigenvalue weighted by Crippen LogP contribution is 2.41. The zero-order valence-corrected chi connectivity index (χ0v) is 26.2. The number of aliphatic hydroxyl groups is 1. The van der Waals surface area contributed by atoms with Crippen molar-refractivity contribution in [2.75, 3.05) is 47.1 Å². The van der Waals surface area contributed by atoms with Crippen LogP contribution in [0, 0.1) is 5.92 Å². The predicted octanol–water partition coefficient (Wildman–Crippen LogP) is 4.32. The number of piperidine rings is 1. The van der Waals surface area contributed by atoms with Crippen LogP contribution < -0.4 is 4.74 Å². The van der Waals surface area contributed by atoms with Crippen molar-refractivity contribution in [1.82, 2.24) is 14.8 Å². The van der Waals surface area contributed by atoms with Crippen LogP contribution >= 0.6 is 0 Å². The van der Waals surface area contributed by atoms with Crippen LogP contribution in [0.1, 0.15) is 63.1 Å². The van der Waals surface area contributed by atoms with E-state index in [1.54, 1.807) is 43.6 Å². The fraction of sp³-hybridized carbons (Fsp3) is 0.606. The zero-order chi connectivity index (χ0) is 31.0. The van der Waals surface area contributed by atoms with E-state index in [0.29, 0.717) is 31.9 Å². The number of aromatic nitrogens is 1. The van der Waals surface area contributed by atoms with Gasteiger partial charge in [-0.15, -0.1) is 0 Å². The summed E-state index contributed by atoms with van der Waals surface area (Å²) in [6.07, 6.45) is 6.43. The first-order valence-corrected chi connectivity index (χ1v) is 15.2. The number of methoxy groups -OCH3 is 2. The Kier molecular flexibility index (Phi) is 11.0. The van der Waals surface area contributed by atoms with Crippen molar-refractivity contribution in [3.05, 3.63) is 59.4 Å². The van der Waals surface area contributed by atoms with Gasteiger partial charge in [0.15, 0.2) is 0 Å². The third-order valence-corrected chi connectivity index (χ3v) is 7.89. The molecule has 2 aromatic rings. The summed E-state index contributed by atoms with van der Waals surface area (Å²) in [4.78, 5) is 35.1. The number of aryl methyl sites for hydroxylation is 1. The van der Waals surface area contributed by atoms with Gasteiger partial charge in [0, 0.05) is 58.9 Å². The molecule has 1 saturated heterocycles. The van der Waals surface area contributed by atoms with E-state index in [2.05, 4.69) is 11.1 Å². The Morgan fingerprint density at radius 3 is 2.40 bits per heavy atom. The van der Waals surface area contributed by atoms with Gasteiger partial charge in [-0.1, -0.05) is 6.07 Å². The molecule has 0 spiro atoms. The minimum absolute atomic E-state index is 0.0538. The van der Waals surface area contributed by atoms with Gasteiger partial charge in [-0.2, -0.15) is 0 Å². The van der Waals surface area contributed by atoms with E-state index in [1.165, 1.54) is 0 Å². The summed E-state index contributed by atoms with van der Waals surface area (Å²) < 4.78 is 22.0. The van der Waals surface area contributed by atoms with Crippen molar-refractivity contribution in [2.24, 2.45) is 5.92 Å². The Morgan fingerprint density at radius 2 is 1.74 bits per heavy atom. The number of likely N-dealkylation sites (tertiary alicyclic amines) is 1. The molecule has 1 aliphatic heterocycles. The lowest BCUT2D eigenvalue weighted by Crippen LogP contribution is -2.58. The van der Waals surface area contributed by atoms with Crippen LogP contribution in [0.2, 0.25) is 0 Å². The lowest BCUT2D eigenvalue weighted by atomic mass is 9.75. The number of pyridine rings is 1. The van der Waals surface area contributed by atoms with Crippen molar-refractivity contribution in [2.45, 2.75) is 76.7 Å². The number of hydrogen-bond acceptors (Lipinski definition) is 8. The number of carbonyl (C=O) groups excluding carboxylic acids is 2. The monoisotopic (exact) mass is 597 g/mol. The number of rotatable bonds is 13. The molecule has 10 heteroatoms. The Bertz CT molecular complexity index is 1190. The van der Waals surface area contributed by atoms with Gasteiger partial charge in [0.2, 0.25) is 5.91 Å². The highest BCUT2D eigenvalue weighted by Gasteiger charge is 2.51. The first-order chi connectivity index (χ1) is 20.5. The van der Waals surface area contributed by atoms with E-state index in [9.17, 15) is 14.7 Å². The molecule has 1 aromatic carbocycles. The van der Waals surface area contributed by atoms with Crippen LogP contribution in [0.3, 0.4) is 0 Å². The standard InChI is InChI=1S/C33H47N3O7/c1-32(2,3)43-31(38)35-15-12-33(39,26-10-13-34-14-11-26)29(23-35)30(37)36(27-8-9-27)22-25-19-24(7-6-16-40-4)20-28(21-25)42-18-17-41-5/h10-11,13-14,19-21,27,29,39H,6-9,12,15-18,22-23H2,1-5H3/t29-,33+/m1/s1. The minimum atomic E-state index is -1.46. The Morgan fingerprint density at radius 1 is 1.05 bits per heavy atom. The quantitative estimate of drug-likeness (QED) is 0.340. The molecule has 236 valence electrons.